The zero-order valence-electron chi connectivity index (χ0n) is 15.6. The van der Waals surface area contributed by atoms with Crippen LogP contribution in [0.25, 0.3) is 0 Å². The van der Waals surface area contributed by atoms with E-state index in [2.05, 4.69) is 17.6 Å². The van der Waals surface area contributed by atoms with Gasteiger partial charge in [-0.05, 0) is 49.8 Å². The zero-order chi connectivity index (χ0) is 20.3. The molecule has 0 saturated heterocycles. The van der Waals surface area contributed by atoms with Gasteiger partial charge < -0.3 is 10.1 Å². The highest BCUT2D eigenvalue weighted by atomic mass is 35.5. The summed E-state index contributed by atoms with van der Waals surface area (Å²) >= 11 is 8.68. The van der Waals surface area contributed by atoms with Crippen molar-refractivity contribution in [2.75, 3.05) is 11.9 Å². The molecule has 0 radical (unpaired) electrons. The molecule has 2 aromatic rings. The molecule has 9 heteroatoms. The minimum atomic E-state index is -0.790. The first-order valence-electron chi connectivity index (χ1n) is 9.04. The van der Waals surface area contributed by atoms with Gasteiger partial charge in [0, 0.05) is 9.75 Å². The Morgan fingerprint density at radius 3 is 2.75 bits per heavy atom. The topological polar surface area (TPSA) is 84.5 Å². The SMILES string of the molecule is CCOC(=O)NC(=O)c1c(NC(=O)Cc2ccc(Cl)s2)sc2c1CCC(C)C2. The van der Waals surface area contributed by atoms with E-state index in [1.807, 2.05) is 6.07 Å². The first-order chi connectivity index (χ1) is 13.4. The van der Waals surface area contributed by atoms with Crippen molar-refractivity contribution in [1.29, 1.82) is 0 Å². The van der Waals surface area contributed by atoms with Gasteiger partial charge in [0.15, 0.2) is 0 Å². The summed E-state index contributed by atoms with van der Waals surface area (Å²) in [6.07, 6.45) is 1.95. The highest BCUT2D eigenvalue weighted by Crippen LogP contribution is 2.39. The van der Waals surface area contributed by atoms with Gasteiger partial charge >= 0.3 is 6.09 Å². The van der Waals surface area contributed by atoms with Crippen molar-refractivity contribution in [2.24, 2.45) is 5.92 Å². The quantitative estimate of drug-likeness (QED) is 0.708. The van der Waals surface area contributed by atoms with Crippen LogP contribution in [0.2, 0.25) is 4.34 Å². The maximum Gasteiger partial charge on any atom is 0.414 e. The molecule has 2 N–H and O–H groups in total. The third-order valence-electron chi connectivity index (χ3n) is 4.45. The summed E-state index contributed by atoms with van der Waals surface area (Å²) in [6.45, 7) is 4.01. The van der Waals surface area contributed by atoms with Crippen LogP contribution in [0.3, 0.4) is 0 Å². The first kappa shape index (κ1) is 20.8. The molecule has 0 bridgehead atoms. The van der Waals surface area contributed by atoms with Crippen molar-refractivity contribution in [3.05, 3.63) is 37.4 Å². The molecule has 2 aromatic heterocycles. The van der Waals surface area contributed by atoms with Crippen LogP contribution < -0.4 is 10.6 Å². The highest BCUT2D eigenvalue weighted by molar-refractivity contribution is 7.17. The number of fused-ring (bicyclic) bond motifs is 1. The molecule has 1 atom stereocenters. The summed E-state index contributed by atoms with van der Waals surface area (Å²) in [6, 6.07) is 3.56. The fourth-order valence-electron chi connectivity index (χ4n) is 3.18. The van der Waals surface area contributed by atoms with E-state index in [0.29, 0.717) is 20.8 Å². The maximum absolute atomic E-state index is 12.7. The second-order valence-electron chi connectivity index (χ2n) is 6.66. The third-order valence-corrected chi connectivity index (χ3v) is 6.85. The van der Waals surface area contributed by atoms with Gasteiger partial charge in [0.1, 0.15) is 5.00 Å². The number of rotatable bonds is 5. The smallest absolute Gasteiger partial charge is 0.414 e. The van der Waals surface area contributed by atoms with Crippen LogP contribution in [-0.4, -0.2) is 24.5 Å². The largest absolute Gasteiger partial charge is 0.450 e. The Morgan fingerprint density at radius 2 is 2.07 bits per heavy atom. The summed E-state index contributed by atoms with van der Waals surface area (Å²) < 4.78 is 5.43. The standard InChI is InChI=1S/C19H21ClN2O4S2/c1-3-26-19(25)22-17(24)16-12-6-4-10(2)8-13(12)28-18(16)21-15(23)9-11-5-7-14(20)27-11/h5,7,10H,3-4,6,8-9H2,1-2H3,(H,21,23)(H,22,24,25). The van der Waals surface area contributed by atoms with E-state index in [1.165, 1.54) is 22.7 Å². The minimum absolute atomic E-state index is 0.172. The molecule has 3 amide bonds. The molecule has 2 heterocycles. The predicted molar refractivity (Wildman–Crippen MR) is 112 cm³/mol. The predicted octanol–water partition coefficient (Wildman–Crippen LogP) is 4.66. The molecule has 0 saturated carbocycles. The molecular formula is C19H21ClN2O4S2. The molecular weight excluding hydrogens is 420 g/mol. The number of alkyl carbamates (subject to hydrolysis) is 1. The Hall–Kier alpha value is -1.90. The van der Waals surface area contributed by atoms with Gasteiger partial charge in [-0.25, -0.2) is 4.79 Å². The third kappa shape index (κ3) is 4.92. The molecule has 1 aliphatic carbocycles. The first-order valence-corrected chi connectivity index (χ1v) is 11.0. The van der Waals surface area contributed by atoms with Crippen molar-refractivity contribution in [2.45, 2.75) is 39.5 Å². The van der Waals surface area contributed by atoms with Gasteiger partial charge in [-0.3, -0.25) is 14.9 Å². The van der Waals surface area contributed by atoms with Gasteiger partial charge in [-0.2, -0.15) is 0 Å². The number of anilines is 1. The Kier molecular flexibility index (Phi) is 6.74. The number of thiophene rings is 2. The normalized spacial score (nSPS) is 15.6. The average Bonchev–Trinajstić information content (AvgIpc) is 3.17. The zero-order valence-corrected chi connectivity index (χ0v) is 18.0. The van der Waals surface area contributed by atoms with Gasteiger partial charge in [-0.15, -0.1) is 22.7 Å². The molecule has 28 heavy (non-hydrogen) atoms. The van der Waals surface area contributed by atoms with Crippen LogP contribution in [0.5, 0.6) is 0 Å². The Labute approximate surface area is 176 Å². The van der Waals surface area contributed by atoms with Crippen molar-refractivity contribution < 1.29 is 19.1 Å². The van der Waals surface area contributed by atoms with Crippen molar-refractivity contribution in [1.82, 2.24) is 5.32 Å². The summed E-state index contributed by atoms with van der Waals surface area (Å²) in [5.74, 6) is -0.251. The summed E-state index contributed by atoms with van der Waals surface area (Å²) in [4.78, 5) is 38.9. The van der Waals surface area contributed by atoms with Gasteiger partial charge in [-0.1, -0.05) is 18.5 Å². The molecule has 150 valence electrons. The number of imide groups is 1. The van der Waals surface area contributed by atoms with Crippen molar-refractivity contribution in [3.63, 3.8) is 0 Å². The number of ether oxygens (including phenoxy) is 1. The van der Waals surface area contributed by atoms with E-state index in [9.17, 15) is 14.4 Å². The second kappa shape index (κ2) is 9.07. The summed E-state index contributed by atoms with van der Waals surface area (Å²) in [5.41, 5.74) is 1.29. The molecule has 3 rings (SSSR count). The lowest BCUT2D eigenvalue weighted by molar-refractivity contribution is -0.115. The van der Waals surface area contributed by atoms with Crippen LogP contribution in [0.4, 0.5) is 9.80 Å². The van der Waals surface area contributed by atoms with Crippen LogP contribution in [0, 0.1) is 5.92 Å². The Bertz CT molecular complexity index is 906. The van der Waals surface area contributed by atoms with E-state index in [4.69, 9.17) is 16.3 Å². The number of hydrogen-bond acceptors (Lipinski definition) is 6. The lowest BCUT2D eigenvalue weighted by Gasteiger charge is -2.18. The van der Waals surface area contributed by atoms with Gasteiger partial charge in [0.25, 0.3) is 5.91 Å². The fraction of sp³-hybridized carbons (Fsp3) is 0.421. The van der Waals surface area contributed by atoms with E-state index in [0.717, 1.165) is 34.6 Å². The van der Waals surface area contributed by atoms with E-state index < -0.39 is 12.0 Å². The minimum Gasteiger partial charge on any atom is -0.450 e. The molecule has 0 aliphatic heterocycles. The molecule has 6 nitrogen and oxygen atoms in total. The number of carbonyl (C=O) groups excluding carboxylic acids is 3. The van der Waals surface area contributed by atoms with E-state index >= 15 is 0 Å². The molecule has 0 fully saturated rings. The monoisotopic (exact) mass is 440 g/mol. The summed E-state index contributed by atoms with van der Waals surface area (Å²) in [7, 11) is 0. The molecule has 0 spiro atoms. The van der Waals surface area contributed by atoms with E-state index in [1.54, 1.807) is 13.0 Å². The van der Waals surface area contributed by atoms with Crippen LogP contribution in [0.15, 0.2) is 12.1 Å². The lowest BCUT2D eigenvalue weighted by atomic mass is 9.88. The number of hydrogen-bond donors (Lipinski definition) is 2. The Morgan fingerprint density at radius 1 is 1.29 bits per heavy atom. The fourth-order valence-corrected chi connectivity index (χ4v) is 5.69. The molecule has 1 unspecified atom stereocenters. The number of halogens is 1. The number of nitrogens with one attached hydrogen (secondary N) is 2. The summed E-state index contributed by atoms with van der Waals surface area (Å²) in [5, 5.41) is 5.59. The van der Waals surface area contributed by atoms with Crippen LogP contribution in [-0.2, 0) is 28.8 Å². The van der Waals surface area contributed by atoms with Crippen molar-refractivity contribution in [3.8, 4) is 0 Å². The number of carbonyl (C=O) groups is 3. The lowest BCUT2D eigenvalue weighted by Crippen LogP contribution is -2.32. The average molecular weight is 441 g/mol. The second-order valence-corrected chi connectivity index (χ2v) is 9.57. The van der Waals surface area contributed by atoms with Crippen molar-refractivity contribution >= 4 is 57.2 Å². The number of amides is 3. The molecule has 1 aliphatic rings. The van der Waals surface area contributed by atoms with Crippen LogP contribution in [0.1, 0.15) is 45.9 Å². The molecule has 0 aromatic carbocycles. The highest BCUT2D eigenvalue weighted by Gasteiger charge is 2.29. The van der Waals surface area contributed by atoms with E-state index in [-0.39, 0.29) is 18.9 Å². The van der Waals surface area contributed by atoms with Crippen LogP contribution >= 0.6 is 34.3 Å². The van der Waals surface area contributed by atoms with Gasteiger partial charge in [0.2, 0.25) is 5.91 Å². The Balaban J connectivity index is 1.83. The maximum atomic E-state index is 12.7. The van der Waals surface area contributed by atoms with Gasteiger partial charge in [0.05, 0.1) is 22.9 Å².